The van der Waals surface area contributed by atoms with E-state index < -0.39 is 0 Å². The molecule has 0 aliphatic carbocycles. The van der Waals surface area contributed by atoms with Gasteiger partial charge in [0.15, 0.2) is 0 Å². The third-order valence-corrected chi connectivity index (χ3v) is 4.45. The summed E-state index contributed by atoms with van der Waals surface area (Å²) in [4.78, 5) is 1.19. The smallest absolute Gasteiger partial charge is 0.102 e. The van der Waals surface area contributed by atoms with Crippen LogP contribution in [0.5, 0.6) is 0 Å². The van der Waals surface area contributed by atoms with Crippen molar-refractivity contribution in [1.29, 1.82) is 5.26 Å². The first-order valence-corrected chi connectivity index (χ1v) is 7.65. The monoisotopic (exact) mass is 290 g/mol. The number of nitrogens with two attached hydrogens (primary N) is 1. The minimum atomic E-state index is 0.550. The van der Waals surface area contributed by atoms with Gasteiger partial charge in [0.2, 0.25) is 0 Å². The van der Waals surface area contributed by atoms with Crippen molar-refractivity contribution < 1.29 is 0 Å². The minimum absolute atomic E-state index is 0.550. The molecule has 3 rings (SSSR count). The third-order valence-electron chi connectivity index (χ3n) is 3.41. The first-order chi connectivity index (χ1) is 10.3. The predicted octanol–water partition coefficient (Wildman–Crippen LogP) is 4.59. The second-order valence-corrected chi connectivity index (χ2v) is 5.84. The maximum absolute atomic E-state index is 9.20. The van der Waals surface area contributed by atoms with Gasteiger partial charge < -0.3 is 5.73 Å². The van der Waals surface area contributed by atoms with Crippen LogP contribution >= 0.6 is 11.8 Å². The van der Waals surface area contributed by atoms with Crippen molar-refractivity contribution in [3.8, 4) is 6.07 Å². The van der Waals surface area contributed by atoms with Gasteiger partial charge >= 0.3 is 0 Å². The molecule has 2 N–H and O–H groups in total. The molecule has 3 aromatic rings. The molecule has 0 aliphatic rings. The van der Waals surface area contributed by atoms with Crippen LogP contribution in [0.15, 0.2) is 65.6 Å². The molecule has 0 spiro atoms. The first-order valence-electron chi connectivity index (χ1n) is 6.67. The molecule has 0 aliphatic heterocycles. The lowest BCUT2D eigenvalue weighted by Crippen LogP contribution is -1.95. The van der Waals surface area contributed by atoms with Crippen molar-refractivity contribution in [3.63, 3.8) is 0 Å². The molecule has 0 saturated heterocycles. The lowest BCUT2D eigenvalue weighted by molar-refractivity contribution is 1.35. The molecule has 0 radical (unpaired) electrons. The standard InChI is InChI=1S/C18H14N2S/c19-11-17-15(6-3-7-18(17)20)12-21-16-9-8-13-4-1-2-5-14(13)10-16/h1-10H,12,20H2. The van der Waals surface area contributed by atoms with Crippen molar-refractivity contribution >= 4 is 28.2 Å². The largest absolute Gasteiger partial charge is 0.398 e. The number of fused-ring (bicyclic) bond motifs is 1. The molecule has 0 heterocycles. The number of anilines is 1. The van der Waals surface area contributed by atoms with E-state index in [1.165, 1.54) is 15.7 Å². The normalized spacial score (nSPS) is 10.4. The van der Waals surface area contributed by atoms with Crippen molar-refractivity contribution in [2.24, 2.45) is 0 Å². The molecule has 0 amide bonds. The Balaban J connectivity index is 1.84. The highest BCUT2D eigenvalue weighted by Gasteiger charge is 2.06. The van der Waals surface area contributed by atoms with E-state index in [1.807, 2.05) is 24.3 Å². The topological polar surface area (TPSA) is 49.8 Å². The molecule has 0 aromatic heterocycles. The number of benzene rings is 3. The van der Waals surface area contributed by atoms with Gasteiger partial charge in [0.25, 0.3) is 0 Å². The van der Waals surface area contributed by atoms with Gasteiger partial charge in [-0.1, -0.05) is 42.5 Å². The fraction of sp³-hybridized carbons (Fsp3) is 0.0556. The molecule has 0 atom stereocenters. The lowest BCUT2D eigenvalue weighted by atomic mass is 10.1. The Bertz CT molecular complexity index is 834. The Hall–Kier alpha value is -2.44. The molecule has 3 heteroatoms. The van der Waals surface area contributed by atoms with Crippen molar-refractivity contribution in [2.45, 2.75) is 10.6 Å². The Morgan fingerprint density at radius 2 is 1.76 bits per heavy atom. The van der Waals surface area contributed by atoms with Crippen LogP contribution in [0.25, 0.3) is 10.8 Å². The predicted molar refractivity (Wildman–Crippen MR) is 89.1 cm³/mol. The summed E-state index contributed by atoms with van der Waals surface area (Å²) in [6.45, 7) is 0. The summed E-state index contributed by atoms with van der Waals surface area (Å²) < 4.78 is 0. The number of hydrogen-bond acceptors (Lipinski definition) is 3. The van der Waals surface area contributed by atoms with E-state index in [0.717, 1.165) is 11.3 Å². The summed E-state index contributed by atoms with van der Waals surface area (Å²) >= 11 is 1.72. The third kappa shape index (κ3) is 2.86. The minimum Gasteiger partial charge on any atom is -0.398 e. The van der Waals surface area contributed by atoms with E-state index in [9.17, 15) is 5.26 Å². The summed E-state index contributed by atoms with van der Waals surface area (Å²) in [5.74, 6) is 0.742. The van der Waals surface area contributed by atoms with E-state index in [4.69, 9.17) is 5.73 Å². The summed E-state index contributed by atoms with van der Waals surface area (Å²) in [6, 6.07) is 22.5. The summed E-state index contributed by atoms with van der Waals surface area (Å²) in [5.41, 5.74) is 7.96. The van der Waals surface area contributed by atoms with E-state index in [-0.39, 0.29) is 0 Å². The van der Waals surface area contributed by atoms with Crippen molar-refractivity contribution in [2.75, 3.05) is 5.73 Å². The molecule has 0 saturated carbocycles. The Morgan fingerprint density at radius 1 is 0.952 bits per heavy atom. The second kappa shape index (κ2) is 5.90. The van der Waals surface area contributed by atoms with Crippen LogP contribution in [-0.2, 0) is 5.75 Å². The summed E-state index contributed by atoms with van der Waals surface area (Å²) in [6.07, 6.45) is 0. The van der Waals surface area contributed by atoms with Gasteiger partial charge in [-0.3, -0.25) is 0 Å². The van der Waals surface area contributed by atoms with Crippen molar-refractivity contribution in [3.05, 3.63) is 71.8 Å². The van der Waals surface area contributed by atoms with Crippen LogP contribution in [0, 0.1) is 11.3 Å². The number of rotatable bonds is 3. The second-order valence-electron chi connectivity index (χ2n) is 4.79. The number of thioether (sulfide) groups is 1. The van der Waals surface area contributed by atoms with Crippen LogP contribution in [-0.4, -0.2) is 0 Å². The molecular weight excluding hydrogens is 276 g/mol. The molecule has 3 aromatic carbocycles. The van der Waals surface area contributed by atoms with Gasteiger partial charge in [-0.15, -0.1) is 11.8 Å². The molecule has 102 valence electrons. The average molecular weight is 290 g/mol. The van der Waals surface area contributed by atoms with E-state index >= 15 is 0 Å². The maximum Gasteiger partial charge on any atom is 0.102 e. The number of nitriles is 1. The van der Waals surface area contributed by atoms with E-state index in [1.54, 1.807) is 17.8 Å². The Kier molecular flexibility index (Phi) is 3.81. The van der Waals surface area contributed by atoms with E-state index in [2.05, 4.69) is 36.4 Å². The molecule has 0 fully saturated rings. The van der Waals surface area contributed by atoms with Gasteiger partial charge in [-0.05, 0) is 34.5 Å². The van der Waals surface area contributed by atoms with Gasteiger partial charge in [0, 0.05) is 16.3 Å². The number of nitrogens with zero attached hydrogens (tertiary/aromatic N) is 1. The Morgan fingerprint density at radius 3 is 2.57 bits per heavy atom. The zero-order chi connectivity index (χ0) is 14.7. The highest BCUT2D eigenvalue weighted by atomic mass is 32.2. The van der Waals surface area contributed by atoms with Crippen LogP contribution in [0.1, 0.15) is 11.1 Å². The highest BCUT2D eigenvalue weighted by Crippen LogP contribution is 2.28. The highest BCUT2D eigenvalue weighted by molar-refractivity contribution is 7.98. The SMILES string of the molecule is N#Cc1c(N)cccc1CSc1ccc2ccccc2c1. The number of hydrogen-bond donors (Lipinski definition) is 1. The molecule has 0 bridgehead atoms. The van der Waals surface area contributed by atoms with Gasteiger partial charge in [0.05, 0.1) is 5.56 Å². The lowest BCUT2D eigenvalue weighted by Gasteiger charge is -2.07. The summed E-state index contributed by atoms with van der Waals surface area (Å²) in [7, 11) is 0. The zero-order valence-electron chi connectivity index (χ0n) is 11.4. The average Bonchev–Trinajstić information content (AvgIpc) is 2.52. The maximum atomic E-state index is 9.20. The van der Waals surface area contributed by atoms with Crippen LogP contribution < -0.4 is 5.73 Å². The van der Waals surface area contributed by atoms with Crippen LogP contribution in [0.4, 0.5) is 5.69 Å². The molecule has 2 nitrogen and oxygen atoms in total. The van der Waals surface area contributed by atoms with Gasteiger partial charge in [-0.25, -0.2) is 0 Å². The zero-order valence-corrected chi connectivity index (χ0v) is 12.2. The van der Waals surface area contributed by atoms with Crippen LogP contribution in [0.2, 0.25) is 0 Å². The first kappa shape index (κ1) is 13.5. The van der Waals surface area contributed by atoms with E-state index in [0.29, 0.717) is 11.3 Å². The van der Waals surface area contributed by atoms with Gasteiger partial charge in [0.1, 0.15) is 6.07 Å². The van der Waals surface area contributed by atoms with Gasteiger partial charge in [-0.2, -0.15) is 5.26 Å². The summed E-state index contributed by atoms with van der Waals surface area (Å²) in [5, 5.41) is 11.7. The molecular formula is C18H14N2S. The van der Waals surface area contributed by atoms with Crippen LogP contribution in [0.3, 0.4) is 0 Å². The van der Waals surface area contributed by atoms with Crippen molar-refractivity contribution in [1.82, 2.24) is 0 Å². The fourth-order valence-electron chi connectivity index (χ4n) is 2.29. The molecule has 0 unspecified atom stereocenters. The fourth-order valence-corrected chi connectivity index (χ4v) is 3.23. The Labute approximate surface area is 128 Å². The quantitative estimate of drug-likeness (QED) is 0.567. The number of nitrogen functional groups attached to an aromatic ring is 1. The molecule has 21 heavy (non-hydrogen) atoms.